The van der Waals surface area contributed by atoms with Crippen molar-refractivity contribution in [3.8, 4) is 5.69 Å². The largest absolute Gasteiger partial charge is 0.344 e. The number of halogens is 1. The molecule has 2 aliphatic carbocycles. The van der Waals surface area contributed by atoms with Crippen molar-refractivity contribution in [1.29, 1.82) is 0 Å². The van der Waals surface area contributed by atoms with Crippen LogP contribution in [0.4, 0.5) is 4.39 Å². The van der Waals surface area contributed by atoms with Crippen molar-refractivity contribution in [1.82, 2.24) is 15.1 Å². The summed E-state index contributed by atoms with van der Waals surface area (Å²) in [5, 5.41) is 7.67. The zero-order chi connectivity index (χ0) is 18.3. The summed E-state index contributed by atoms with van der Waals surface area (Å²) in [6, 6.07) is 5.10. The van der Waals surface area contributed by atoms with Crippen molar-refractivity contribution in [2.24, 2.45) is 5.73 Å². The van der Waals surface area contributed by atoms with Crippen LogP contribution in [0, 0.1) is 12.7 Å². The minimum absolute atomic E-state index is 0.179. The summed E-state index contributed by atoms with van der Waals surface area (Å²) < 4.78 is 16.1. The van der Waals surface area contributed by atoms with Crippen LogP contribution in [0.25, 0.3) is 5.69 Å². The second kappa shape index (κ2) is 6.50. The van der Waals surface area contributed by atoms with Gasteiger partial charge in [0.2, 0.25) is 0 Å². The van der Waals surface area contributed by atoms with Crippen LogP contribution in [-0.2, 0) is 12.8 Å². The van der Waals surface area contributed by atoms with Crippen molar-refractivity contribution in [3.05, 3.63) is 46.5 Å². The van der Waals surface area contributed by atoms with Crippen LogP contribution in [0.1, 0.15) is 59.4 Å². The molecule has 1 aromatic carbocycles. The predicted octanol–water partition coefficient (Wildman–Crippen LogP) is 2.81. The number of rotatable bonds is 4. The molecule has 2 aliphatic rings. The van der Waals surface area contributed by atoms with Crippen LogP contribution < -0.4 is 11.1 Å². The molecule has 1 fully saturated rings. The Balaban J connectivity index is 1.71. The standard InChI is InChI=1S/C20H25FN4O/c1-13-7-8-17(15(21)11-13)25-16-6-4-5-14(16)18(24-25)19(26)23-20(12-22)9-2-3-10-20/h7-8,11H,2-6,9-10,12,22H2,1H3,(H,23,26). The first-order chi connectivity index (χ1) is 12.5. The SMILES string of the molecule is Cc1ccc(-n2nc(C(=O)NC3(CN)CCCC3)c3c2CCC3)c(F)c1. The zero-order valence-corrected chi connectivity index (χ0v) is 15.1. The molecule has 0 aliphatic heterocycles. The fraction of sp³-hybridized carbons (Fsp3) is 0.500. The normalized spacial score (nSPS) is 18.1. The van der Waals surface area contributed by atoms with Gasteiger partial charge in [0.1, 0.15) is 11.5 Å². The summed E-state index contributed by atoms with van der Waals surface area (Å²) in [5.74, 6) is -0.495. The first kappa shape index (κ1) is 17.2. The summed E-state index contributed by atoms with van der Waals surface area (Å²) >= 11 is 0. The van der Waals surface area contributed by atoms with Gasteiger partial charge in [-0.25, -0.2) is 9.07 Å². The maximum Gasteiger partial charge on any atom is 0.272 e. The molecule has 1 heterocycles. The van der Waals surface area contributed by atoms with Gasteiger partial charge < -0.3 is 11.1 Å². The lowest BCUT2D eigenvalue weighted by atomic mass is 9.97. The third kappa shape index (κ3) is 2.82. The molecule has 1 saturated carbocycles. The smallest absolute Gasteiger partial charge is 0.272 e. The van der Waals surface area contributed by atoms with E-state index >= 15 is 0 Å². The average molecular weight is 356 g/mol. The number of carbonyl (C=O) groups excluding carboxylic acids is 1. The lowest BCUT2D eigenvalue weighted by Crippen LogP contribution is -2.51. The fourth-order valence-electron chi connectivity index (χ4n) is 4.33. The fourth-order valence-corrected chi connectivity index (χ4v) is 4.33. The van der Waals surface area contributed by atoms with Crippen molar-refractivity contribution in [2.45, 2.75) is 57.4 Å². The van der Waals surface area contributed by atoms with Crippen LogP contribution in [0.5, 0.6) is 0 Å². The Morgan fingerprint density at radius 3 is 2.77 bits per heavy atom. The molecule has 1 amide bonds. The average Bonchev–Trinajstić information content (AvgIpc) is 3.32. The Morgan fingerprint density at radius 2 is 2.08 bits per heavy atom. The highest BCUT2D eigenvalue weighted by Gasteiger charge is 2.36. The van der Waals surface area contributed by atoms with Gasteiger partial charge in [-0.3, -0.25) is 4.79 Å². The molecular weight excluding hydrogens is 331 g/mol. The van der Waals surface area contributed by atoms with E-state index in [4.69, 9.17) is 5.73 Å². The number of hydrogen-bond acceptors (Lipinski definition) is 3. The van der Waals surface area contributed by atoms with Crippen molar-refractivity contribution in [3.63, 3.8) is 0 Å². The van der Waals surface area contributed by atoms with E-state index in [1.165, 1.54) is 6.07 Å². The quantitative estimate of drug-likeness (QED) is 0.885. The molecule has 0 radical (unpaired) electrons. The van der Waals surface area contributed by atoms with E-state index in [1.807, 2.05) is 13.0 Å². The molecule has 26 heavy (non-hydrogen) atoms. The molecule has 0 atom stereocenters. The molecule has 5 nitrogen and oxygen atoms in total. The molecule has 3 N–H and O–H groups in total. The van der Waals surface area contributed by atoms with Gasteiger partial charge in [-0.05, 0) is 56.7 Å². The summed E-state index contributed by atoms with van der Waals surface area (Å²) in [6.45, 7) is 2.29. The number of nitrogens with two attached hydrogens (primary N) is 1. The van der Waals surface area contributed by atoms with Crippen LogP contribution in [-0.4, -0.2) is 27.8 Å². The molecular formula is C20H25FN4O. The first-order valence-electron chi connectivity index (χ1n) is 9.43. The number of nitrogens with zero attached hydrogens (tertiary/aromatic N) is 2. The van der Waals surface area contributed by atoms with Gasteiger partial charge in [0.25, 0.3) is 5.91 Å². The van der Waals surface area contributed by atoms with Gasteiger partial charge in [-0.1, -0.05) is 18.9 Å². The summed E-state index contributed by atoms with van der Waals surface area (Å²) in [6.07, 6.45) is 6.56. The number of fused-ring (bicyclic) bond motifs is 1. The van der Waals surface area contributed by atoms with Crippen LogP contribution in [0.2, 0.25) is 0 Å². The lowest BCUT2D eigenvalue weighted by molar-refractivity contribution is 0.0896. The number of aryl methyl sites for hydroxylation is 1. The van der Waals surface area contributed by atoms with E-state index < -0.39 is 0 Å². The number of aromatic nitrogens is 2. The van der Waals surface area contributed by atoms with Crippen molar-refractivity contribution >= 4 is 5.91 Å². The molecule has 0 spiro atoms. The molecule has 138 valence electrons. The Morgan fingerprint density at radius 1 is 1.31 bits per heavy atom. The van der Waals surface area contributed by atoms with E-state index in [-0.39, 0.29) is 17.3 Å². The molecule has 1 aromatic heterocycles. The molecule has 0 saturated heterocycles. The van der Waals surface area contributed by atoms with Crippen LogP contribution in [0.15, 0.2) is 18.2 Å². The topological polar surface area (TPSA) is 72.9 Å². The summed E-state index contributed by atoms with van der Waals surface area (Å²) in [4.78, 5) is 13.0. The minimum Gasteiger partial charge on any atom is -0.344 e. The number of nitrogens with one attached hydrogen (secondary N) is 1. The Bertz CT molecular complexity index is 852. The third-order valence-corrected chi connectivity index (χ3v) is 5.81. The number of amides is 1. The highest BCUT2D eigenvalue weighted by molar-refractivity contribution is 5.95. The van der Waals surface area contributed by atoms with Gasteiger partial charge in [-0.2, -0.15) is 5.10 Å². The first-order valence-corrected chi connectivity index (χ1v) is 9.43. The number of hydrogen-bond donors (Lipinski definition) is 2. The summed E-state index contributed by atoms with van der Waals surface area (Å²) in [7, 11) is 0. The Hall–Kier alpha value is -2.21. The lowest BCUT2D eigenvalue weighted by Gasteiger charge is -2.28. The molecule has 0 bridgehead atoms. The second-order valence-electron chi connectivity index (χ2n) is 7.64. The van der Waals surface area contributed by atoms with E-state index in [0.29, 0.717) is 17.9 Å². The Labute approximate surface area is 152 Å². The van der Waals surface area contributed by atoms with E-state index in [9.17, 15) is 9.18 Å². The van der Waals surface area contributed by atoms with E-state index in [1.54, 1.807) is 10.7 Å². The predicted molar refractivity (Wildman–Crippen MR) is 98.0 cm³/mol. The zero-order valence-electron chi connectivity index (χ0n) is 15.1. The van der Waals surface area contributed by atoms with E-state index in [2.05, 4.69) is 10.4 Å². The highest BCUT2D eigenvalue weighted by atomic mass is 19.1. The third-order valence-electron chi connectivity index (χ3n) is 5.81. The minimum atomic E-state index is -0.318. The molecule has 0 unspecified atom stereocenters. The number of carbonyl (C=O) groups is 1. The van der Waals surface area contributed by atoms with Gasteiger partial charge in [0.15, 0.2) is 5.69 Å². The maximum atomic E-state index is 14.5. The summed E-state index contributed by atoms with van der Waals surface area (Å²) in [5.41, 5.74) is 9.23. The molecule has 4 rings (SSSR count). The van der Waals surface area contributed by atoms with Crippen molar-refractivity contribution < 1.29 is 9.18 Å². The monoisotopic (exact) mass is 356 g/mol. The van der Waals surface area contributed by atoms with Gasteiger partial charge in [0.05, 0.1) is 5.54 Å². The molecule has 2 aromatic rings. The van der Waals surface area contributed by atoms with Gasteiger partial charge in [0, 0.05) is 17.8 Å². The van der Waals surface area contributed by atoms with Crippen LogP contribution in [0.3, 0.4) is 0 Å². The molecule has 6 heteroatoms. The number of benzene rings is 1. The van der Waals surface area contributed by atoms with Gasteiger partial charge >= 0.3 is 0 Å². The second-order valence-corrected chi connectivity index (χ2v) is 7.64. The van der Waals surface area contributed by atoms with Gasteiger partial charge in [-0.15, -0.1) is 0 Å². The maximum absolute atomic E-state index is 14.5. The highest BCUT2D eigenvalue weighted by Crippen LogP contribution is 2.32. The Kier molecular flexibility index (Phi) is 4.31. The van der Waals surface area contributed by atoms with Crippen LogP contribution >= 0.6 is 0 Å². The van der Waals surface area contributed by atoms with Crippen molar-refractivity contribution in [2.75, 3.05) is 6.54 Å². The van der Waals surface area contributed by atoms with E-state index in [0.717, 1.165) is 61.8 Å².